The molecule has 1 aromatic heterocycles. The molecule has 258 valence electrons. The number of hydrogen-bond acceptors (Lipinski definition) is 12. The molecule has 0 saturated carbocycles. The maximum absolute atomic E-state index is 12.3. The summed E-state index contributed by atoms with van der Waals surface area (Å²) in [5.41, 5.74) is 3.56. The van der Waals surface area contributed by atoms with Gasteiger partial charge in [0.25, 0.3) is 0 Å². The van der Waals surface area contributed by atoms with Crippen molar-refractivity contribution in [2.24, 2.45) is 0 Å². The summed E-state index contributed by atoms with van der Waals surface area (Å²) < 4.78 is 42.0. The molecular formula is C35H42N2O11. The van der Waals surface area contributed by atoms with Crippen LogP contribution in [0.15, 0.2) is 54.6 Å². The number of esters is 4. The number of nitrogens with zero attached hydrogens (tertiary/aromatic N) is 2. The molecular weight excluding hydrogens is 624 g/mol. The van der Waals surface area contributed by atoms with E-state index in [1.54, 1.807) is 4.68 Å². The molecule has 3 aromatic rings. The number of hydrogen-bond donors (Lipinski definition) is 0. The fourth-order valence-corrected chi connectivity index (χ4v) is 5.37. The Morgan fingerprint density at radius 2 is 1.40 bits per heavy atom. The van der Waals surface area contributed by atoms with Crippen LogP contribution in [0.1, 0.15) is 70.0 Å². The molecule has 13 nitrogen and oxygen atoms in total. The van der Waals surface area contributed by atoms with Crippen molar-refractivity contribution in [3.63, 3.8) is 0 Å². The van der Waals surface area contributed by atoms with Crippen molar-refractivity contribution in [3.8, 4) is 11.6 Å². The van der Waals surface area contributed by atoms with Gasteiger partial charge in [0.1, 0.15) is 25.1 Å². The van der Waals surface area contributed by atoms with Gasteiger partial charge in [-0.2, -0.15) is 0 Å². The van der Waals surface area contributed by atoms with E-state index >= 15 is 0 Å². The van der Waals surface area contributed by atoms with E-state index in [1.807, 2.05) is 75.4 Å². The van der Waals surface area contributed by atoms with E-state index in [0.29, 0.717) is 18.8 Å². The minimum absolute atomic E-state index is 0.0368. The quantitative estimate of drug-likeness (QED) is 0.188. The van der Waals surface area contributed by atoms with Gasteiger partial charge in [-0.3, -0.25) is 23.9 Å². The Bertz CT molecular complexity index is 1570. The number of aromatic nitrogens is 2. The number of carbonyl (C=O) groups is 4. The Morgan fingerprint density at radius 3 is 1.98 bits per heavy atom. The summed E-state index contributed by atoms with van der Waals surface area (Å²) in [7, 11) is 0. The van der Waals surface area contributed by atoms with Gasteiger partial charge in [0.05, 0.1) is 0 Å². The van der Waals surface area contributed by atoms with Gasteiger partial charge in [0.15, 0.2) is 12.2 Å². The van der Waals surface area contributed by atoms with Gasteiger partial charge in [-0.25, -0.2) is 0 Å². The summed E-state index contributed by atoms with van der Waals surface area (Å²) in [4.78, 5) is 48.3. The molecule has 0 amide bonds. The third-order valence-electron chi connectivity index (χ3n) is 7.45. The maximum Gasteiger partial charge on any atom is 0.303 e. The van der Waals surface area contributed by atoms with Crippen molar-refractivity contribution in [1.29, 1.82) is 0 Å². The van der Waals surface area contributed by atoms with Crippen LogP contribution in [0.3, 0.4) is 0 Å². The number of benzene rings is 2. The summed E-state index contributed by atoms with van der Waals surface area (Å²) in [6.07, 6.45) is -6.20. The van der Waals surface area contributed by atoms with Crippen LogP contribution in [0.4, 0.5) is 0 Å². The zero-order valence-corrected chi connectivity index (χ0v) is 28.2. The van der Waals surface area contributed by atoms with Crippen molar-refractivity contribution in [2.75, 3.05) is 6.61 Å². The highest BCUT2D eigenvalue weighted by Crippen LogP contribution is 2.34. The van der Waals surface area contributed by atoms with Crippen LogP contribution in [-0.4, -0.2) is 71.0 Å². The lowest BCUT2D eigenvalue weighted by molar-refractivity contribution is -0.289. The minimum Gasteiger partial charge on any atom is -0.489 e. The van der Waals surface area contributed by atoms with Crippen LogP contribution in [0.25, 0.3) is 0 Å². The molecule has 13 heteroatoms. The normalized spacial score (nSPS) is 20.5. The largest absolute Gasteiger partial charge is 0.489 e. The fourth-order valence-electron chi connectivity index (χ4n) is 5.37. The molecule has 0 N–H and O–H groups in total. The summed E-state index contributed by atoms with van der Waals surface area (Å²) in [5.74, 6) is -1.91. The molecule has 0 radical (unpaired) electrons. The van der Waals surface area contributed by atoms with Crippen LogP contribution in [-0.2, 0) is 55.9 Å². The number of rotatable bonds is 13. The predicted molar refractivity (Wildman–Crippen MR) is 170 cm³/mol. The summed E-state index contributed by atoms with van der Waals surface area (Å²) in [6.45, 7) is 10.6. The Labute approximate surface area is 279 Å². The molecule has 5 atom stereocenters. The van der Waals surface area contributed by atoms with E-state index in [-0.39, 0.29) is 18.5 Å². The molecule has 0 spiro atoms. The fraction of sp³-hybridized carbons (Fsp3) is 0.457. The van der Waals surface area contributed by atoms with E-state index in [2.05, 4.69) is 0 Å². The van der Waals surface area contributed by atoms with Gasteiger partial charge >= 0.3 is 23.9 Å². The Balaban J connectivity index is 1.66. The average molecular weight is 667 g/mol. The Kier molecular flexibility index (Phi) is 12.2. The highest BCUT2D eigenvalue weighted by atomic mass is 16.7. The Hall–Kier alpha value is -4.91. The van der Waals surface area contributed by atoms with Gasteiger partial charge in [-0.15, -0.1) is 5.10 Å². The SMILES string of the molecule is CC(=O)OC[C@H]1OC(Oc2nn(C(C)C)c(C)c2Cc2ccc(OCc3ccccc3)cc2)[C@H](OC(C)=O)C(OC(C)=O)[C@@H]1OC(C)=O. The van der Waals surface area contributed by atoms with E-state index in [0.717, 1.165) is 36.2 Å². The van der Waals surface area contributed by atoms with Crippen molar-refractivity contribution in [2.45, 2.75) is 98.2 Å². The van der Waals surface area contributed by atoms with Crippen LogP contribution >= 0.6 is 0 Å². The molecule has 1 aliphatic rings. The van der Waals surface area contributed by atoms with Crippen molar-refractivity contribution < 1.29 is 52.3 Å². The van der Waals surface area contributed by atoms with E-state index in [1.165, 1.54) is 13.8 Å². The molecule has 48 heavy (non-hydrogen) atoms. The first-order valence-electron chi connectivity index (χ1n) is 15.6. The topological polar surface area (TPSA) is 151 Å². The third-order valence-corrected chi connectivity index (χ3v) is 7.45. The van der Waals surface area contributed by atoms with Crippen molar-refractivity contribution in [1.82, 2.24) is 9.78 Å². The van der Waals surface area contributed by atoms with E-state index in [4.69, 9.17) is 38.3 Å². The van der Waals surface area contributed by atoms with Gasteiger partial charge in [-0.05, 0) is 44.0 Å². The first kappa shape index (κ1) is 35.9. The molecule has 0 aliphatic carbocycles. The second kappa shape index (κ2) is 16.3. The number of carbonyl (C=O) groups excluding carboxylic acids is 4. The lowest BCUT2D eigenvalue weighted by Crippen LogP contribution is -2.63. The summed E-state index contributed by atoms with van der Waals surface area (Å²) in [6, 6.07) is 17.5. The van der Waals surface area contributed by atoms with Crippen LogP contribution in [0, 0.1) is 6.92 Å². The highest BCUT2D eigenvalue weighted by Gasteiger charge is 2.53. The summed E-state index contributed by atoms with van der Waals surface area (Å²) >= 11 is 0. The van der Waals surface area contributed by atoms with Gasteiger partial charge in [0.2, 0.25) is 18.3 Å². The van der Waals surface area contributed by atoms with Crippen LogP contribution < -0.4 is 9.47 Å². The summed E-state index contributed by atoms with van der Waals surface area (Å²) in [5, 5.41) is 4.72. The maximum atomic E-state index is 12.3. The van der Waals surface area contributed by atoms with Crippen LogP contribution in [0.5, 0.6) is 11.6 Å². The van der Waals surface area contributed by atoms with Crippen LogP contribution in [0.2, 0.25) is 0 Å². The second-order valence-electron chi connectivity index (χ2n) is 11.7. The van der Waals surface area contributed by atoms with E-state index in [9.17, 15) is 19.2 Å². The molecule has 4 rings (SSSR count). The van der Waals surface area contributed by atoms with Crippen molar-refractivity contribution >= 4 is 23.9 Å². The molecule has 2 heterocycles. The molecule has 2 aromatic carbocycles. The highest BCUT2D eigenvalue weighted by molar-refractivity contribution is 5.68. The third kappa shape index (κ3) is 9.57. The Morgan fingerprint density at radius 1 is 0.792 bits per heavy atom. The van der Waals surface area contributed by atoms with E-state index < -0.39 is 54.6 Å². The first-order valence-corrected chi connectivity index (χ1v) is 15.6. The smallest absolute Gasteiger partial charge is 0.303 e. The molecule has 1 aliphatic heterocycles. The van der Waals surface area contributed by atoms with Crippen molar-refractivity contribution in [3.05, 3.63) is 77.0 Å². The molecule has 0 bridgehead atoms. The first-order chi connectivity index (χ1) is 22.8. The zero-order valence-electron chi connectivity index (χ0n) is 28.2. The van der Waals surface area contributed by atoms with Gasteiger partial charge in [0, 0.05) is 51.4 Å². The second-order valence-corrected chi connectivity index (χ2v) is 11.7. The monoisotopic (exact) mass is 666 g/mol. The lowest BCUT2D eigenvalue weighted by atomic mass is 9.98. The lowest BCUT2D eigenvalue weighted by Gasteiger charge is -2.43. The standard InChI is InChI=1S/C35H42N2O11/c1-20(2)37-21(3)29(17-26-13-15-28(16-14-26)43-18-27-11-9-8-10-12-27)34(36-37)48-35-33(46-25(7)41)32(45-24(6)40)31(44-23(5)39)30(47-35)19-42-22(4)38/h8-16,20,30-33,35H,17-19H2,1-7H3/t30-,31-,32?,33-,35?/m1/s1. The molecule has 1 saturated heterocycles. The zero-order chi connectivity index (χ0) is 35.0. The molecule has 2 unspecified atom stereocenters. The number of ether oxygens (including phenoxy) is 7. The van der Waals surface area contributed by atoms with Gasteiger partial charge < -0.3 is 33.2 Å². The minimum atomic E-state index is -1.41. The molecule has 1 fully saturated rings. The predicted octanol–water partition coefficient (Wildman–Crippen LogP) is 4.40. The average Bonchev–Trinajstić information content (AvgIpc) is 3.33. The van der Waals surface area contributed by atoms with Gasteiger partial charge in [-0.1, -0.05) is 42.5 Å².